The second-order valence-electron chi connectivity index (χ2n) is 6.39. The molecule has 7 heteroatoms. The average molecular weight is 325 g/mol. The van der Waals surface area contributed by atoms with E-state index in [0.29, 0.717) is 0 Å². The molecule has 1 aliphatic rings. The molecule has 7 nitrogen and oxygen atoms in total. The molecule has 0 spiro atoms. The van der Waals surface area contributed by atoms with E-state index in [1.165, 1.54) is 26.2 Å². The molecule has 3 aromatic rings. The standard InChI is InChI=1S/C17H23N7/c1-21-10-12-22(13-11-21)6-3-7-23-9-5-19-16(23)15-14-20-24-8-2-4-18-17(15)24/h2,4-5,8-9,14H,3,6-7,10-13H2,1H3. The van der Waals surface area contributed by atoms with Crippen LogP contribution < -0.4 is 0 Å². The van der Waals surface area contributed by atoms with Crippen LogP contribution in [0.4, 0.5) is 0 Å². The maximum absolute atomic E-state index is 4.53. The van der Waals surface area contributed by atoms with Crippen LogP contribution in [-0.2, 0) is 6.54 Å². The van der Waals surface area contributed by atoms with Crippen molar-refractivity contribution in [3.05, 3.63) is 37.1 Å². The maximum atomic E-state index is 4.53. The van der Waals surface area contributed by atoms with Crippen LogP contribution in [0.15, 0.2) is 37.1 Å². The van der Waals surface area contributed by atoms with E-state index in [-0.39, 0.29) is 0 Å². The van der Waals surface area contributed by atoms with Crippen molar-refractivity contribution < 1.29 is 0 Å². The Morgan fingerprint density at radius 3 is 2.75 bits per heavy atom. The van der Waals surface area contributed by atoms with Crippen LogP contribution in [0.3, 0.4) is 0 Å². The number of aromatic nitrogens is 5. The first-order valence-electron chi connectivity index (χ1n) is 8.52. The molecule has 1 aliphatic heterocycles. The molecule has 3 aromatic heterocycles. The first-order valence-corrected chi connectivity index (χ1v) is 8.52. The minimum atomic E-state index is 0.851. The van der Waals surface area contributed by atoms with Crippen LogP contribution in [0.1, 0.15) is 6.42 Å². The lowest BCUT2D eigenvalue weighted by Crippen LogP contribution is -2.44. The average Bonchev–Trinajstić information content (AvgIpc) is 3.23. The largest absolute Gasteiger partial charge is 0.331 e. The van der Waals surface area contributed by atoms with Crippen LogP contribution in [0.2, 0.25) is 0 Å². The second kappa shape index (κ2) is 6.70. The van der Waals surface area contributed by atoms with E-state index >= 15 is 0 Å². The quantitative estimate of drug-likeness (QED) is 0.706. The van der Waals surface area contributed by atoms with Crippen molar-refractivity contribution in [3.63, 3.8) is 0 Å². The van der Waals surface area contributed by atoms with Crippen molar-refractivity contribution >= 4 is 5.65 Å². The number of hydrogen-bond acceptors (Lipinski definition) is 5. The summed E-state index contributed by atoms with van der Waals surface area (Å²) in [5.74, 6) is 0.946. The third-order valence-corrected chi connectivity index (χ3v) is 4.70. The van der Waals surface area contributed by atoms with Gasteiger partial charge in [0.2, 0.25) is 0 Å². The number of piperazine rings is 1. The molecule has 0 saturated carbocycles. The highest BCUT2D eigenvalue weighted by atomic mass is 15.3. The Hall–Kier alpha value is -2.25. The molecule has 1 fully saturated rings. The van der Waals surface area contributed by atoms with Crippen molar-refractivity contribution in [2.75, 3.05) is 39.8 Å². The summed E-state index contributed by atoms with van der Waals surface area (Å²) in [5.41, 5.74) is 1.84. The predicted molar refractivity (Wildman–Crippen MR) is 92.8 cm³/mol. The minimum Gasteiger partial charge on any atom is -0.331 e. The van der Waals surface area contributed by atoms with Gasteiger partial charge < -0.3 is 14.4 Å². The monoisotopic (exact) mass is 325 g/mol. The Morgan fingerprint density at radius 1 is 1.00 bits per heavy atom. The Balaban J connectivity index is 1.43. The second-order valence-corrected chi connectivity index (χ2v) is 6.39. The summed E-state index contributed by atoms with van der Waals surface area (Å²) in [6.07, 6.45) is 10.6. The van der Waals surface area contributed by atoms with Crippen molar-refractivity contribution in [2.45, 2.75) is 13.0 Å². The molecule has 4 rings (SSSR count). The fourth-order valence-corrected chi connectivity index (χ4v) is 3.25. The van der Waals surface area contributed by atoms with Crippen LogP contribution in [-0.4, -0.2) is 73.7 Å². The van der Waals surface area contributed by atoms with E-state index in [4.69, 9.17) is 0 Å². The summed E-state index contributed by atoms with van der Waals surface area (Å²) in [4.78, 5) is 13.9. The van der Waals surface area contributed by atoms with Gasteiger partial charge in [-0.2, -0.15) is 5.10 Å². The zero-order valence-corrected chi connectivity index (χ0v) is 14.0. The Kier molecular flexibility index (Phi) is 4.27. The van der Waals surface area contributed by atoms with E-state index in [9.17, 15) is 0 Å². The van der Waals surface area contributed by atoms with Crippen molar-refractivity contribution in [2.24, 2.45) is 0 Å². The molecule has 0 atom stereocenters. The van der Waals surface area contributed by atoms with Gasteiger partial charge >= 0.3 is 0 Å². The number of aryl methyl sites for hydroxylation is 1. The summed E-state index contributed by atoms with van der Waals surface area (Å²) in [5, 5.41) is 4.36. The van der Waals surface area contributed by atoms with Gasteiger partial charge in [0.1, 0.15) is 5.82 Å². The van der Waals surface area contributed by atoms with Crippen LogP contribution in [0, 0.1) is 0 Å². The highest BCUT2D eigenvalue weighted by molar-refractivity contribution is 5.72. The van der Waals surface area contributed by atoms with Crippen LogP contribution >= 0.6 is 0 Å². The molecule has 0 bridgehead atoms. The van der Waals surface area contributed by atoms with Gasteiger partial charge in [0.05, 0.1) is 11.8 Å². The summed E-state index contributed by atoms with van der Waals surface area (Å²) in [6.45, 7) is 6.79. The number of likely N-dealkylation sites (N-methyl/N-ethyl adjacent to an activating group) is 1. The Bertz CT molecular complexity index is 798. The van der Waals surface area contributed by atoms with Gasteiger partial charge in [-0.05, 0) is 26.1 Å². The number of fused-ring (bicyclic) bond motifs is 1. The number of rotatable bonds is 5. The summed E-state index contributed by atoms with van der Waals surface area (Å²) in [7, 11) is 2.19. The molecule has 1 saturated heterocycles. The van der Waals surface area contributed by atoms with E-state index in [0.717, 1.165) is 36.5 Å². The molecule has 24 heavy (non-hydrogen) atoms. The third kappa shape index (κ3) is 3.05. The van der Waals surface area contributed by atoms with Gasteiger partial charge in [0.15, 0.2) is 5.65 Å². The third-order valence-electron chi connectivity index (χ3n) is 4.70. The minimum absolute atomic E-state index is 0.851. The zero-order chi connectivity index (χ0) is 16.4. The first-order chi connectivity index (χ1) is 11.8. The van der Waals surface area contributed by atoms with E-state index in [1.807, 2.05) is 30.9 Å². The summed E-state index contributed by atoms with van der Waals surface area (Å²) >= 11 is 0. The van der Waals surface area contributed by atoms with Gasteiger partial charge in [0, 0.05) is 57.5 Å². The highest BCUT2D eigenvalue weighted by Crippen LogP contribution is 2.21. The molecule has 126 valence electrons. The molecule has 4 heterocycles. The van der Waals surface area contributed by atoms with Gasteiger partial charge in [-0.1, -0.05) is 0 Å². The molecule has 0 N–H and O–H groups in total. The number of imidazole rings is 1. The number of hydrogen-bond donors (Lipinski definition) is 0. The van der Waals surface area contributed by atoms with E-state index in [1.54, 1.807) is 10.7 Å². The van der Waals surface area contributed by atoms with Crippen LogP contribution in [0.5, 0.6) is 0 Å². The topological polar surface area (TPSA) is 54.5 Å². The lowest BCUT2D eigenvalue weighted by Gasteiger charge is -2.32. The Labute approximate surface area is 141 Å². The van der Waals surface area contributed by atoms with Crippen molar-refractivity contribution in [1.29, 1.82) is 0 Å². The SMILES string of the molecule is CN1CCN(CCCn2ccnc2-c2cnn3cccnc23)CC1. The summed E-state index contributed by atoms with van der Waals surface area (Å²) in [6, 6.07) is 1.88. The molecule has 0 radical (unpaired) electrons. The van der Waals surface area contributed by atoms with Gasteiger partial charge in [-0.25, -0.2) is 14.5 Å². The normalized spacial score (nSPS) is 16.9. The predicted octanol–water partition coefficient (Wildman–Crippen LogP) is 1.23. The first kappa shape index (κ1) is 15.3. The molecule has 0 aromatic carbocycles. The lowest BCUT2D eigenvalue weighted by atomic mass is 10.3. The maximum Gasteiger partial charge on any atom is 0.165 e. The summed E-state index contributed by atoms with van der Waals surface area (Å²) < 4.78 is 4.00. The van der Waals surface area contributed by atoms with E-state index < -0.39 is 0 Å². The molecule has 0 aliphatic carbocycles. The van der Waals surface area contributed by atoms with Gasteiger partial charge in [0.25, 0.3) is 0 Å². The molecule has 0 amide bonds. The number of nitrogens with zero attached hydrogens (tertiary/aromatic N) is 7. The van der Waals surface area contributed by atoms with Crippen molar-refractivity contribution in [1.82, 2.24) is 33.9 Å². The van der Waals surface area contributed by atoms with Crippen molar-refractivity contribution in [3.8, 4) is 11.4 Å². The Morgan fingerprint density at radius 2 is 1.88 bits per heavy atom. The fraction of sp³-hybridized carbons (Fsp3) is 0.471. The zero-order valence-electron chi connectivity index (χ0n) is 14.0. The smallest absolute Gasteiger partial charge is 0.165 e. The molecule has 0 unspecified atom stereocenters. The van der Waals surface area contributed by atoms with Gasteiger partial charge in [-0.3, -0.25) is 0 Å². The molecular formula is C17H23N7. The molecular weight excluding hydrogens is 302 g/mol. The fourth-order valence-electron chi connectivity index (χ4n) is 3.25. The highest BCUT2D eigenvalue weighted by Gasteiger charge is 2.15. The van der Waals surface area contributed by atoms with Gasteiger partial charge in [-0.15, -0.1) is 0 Å². The van der Waals surface area contributed by atoms with E-state index in [2.05, 4.69) is 36.5 Å². The van der Waals surface area contributed by atoms with Crippen LogP contribution in [0.25, 0.3) is 17.0 Å². The lowest BCUT2D eigenvalue weighted by molar-refractivity contribution is 0.151.